The highest BCUT2D eigenvalue weighted by Gasteiger charge is 2.55. The molecule has 2 aliphatic carbocycles. The number of para-hydroxylation sites is 2. The molecule has 4 atom stereocenters. The molecule has 2 fully saturated rings. The van der Waals surface area contributed by atoms with E-state index in [2.05, 4.69) is 42.3 Å². The van der Waals surface area contributed by atoms with E-state index in [1.165, 1.54) is 12.0 Å². The number of carbonyl (C=O) groups is 1. The topological polar surface area (TPSA) is 59.0 Å². The van der Waals surface area contributed by atoms with Gasteiger partial charge in [-0.2, -0.15) is 0 Å². The molecule has 1 N–H and O–H groups in total. The van der Waals surface area contributed by atoms with Crippen LogP contribution >= 0.6 is 0 Å². The molecule has 0 saturated heterocycles. The van der Waals surface area contributed by atoms with Gasteiger partial charge >= 0.3 is 5.97 Å². The van der Waals surface area contributed by atoms with Crippen molar-refractivity contribution in [2.24, 2.45) is 11.8 Å². The maximum Gasteiger partial charge on any atom is 0.348 e. The van der Waals surface area contributed by atoms with Crippen molar-refractivity contribution in [3.05, 3.63) is 95.6 Å². The van der Waals surface area contributed by atoms with E-state index < -0.39 is 11.6 Å². The number of ether oxygens (including phenoxy) is 2. The molecule has 3 aromatic carbocycles. The number of aryl methyl sites for hydroxylation is 1. The third kappa shape index (κ3) is 4.34. The number of hydrogen-bond donors (Lipinski definition) is 1. The minimum absolute atomic E-state index is 0.157. The Labute approximate surface area is 219 Å². The lowest BCUT2D eigenvalue weighted by Gasteiger charge is -2.35. The molecule has 6 rings (SSSR count). The van der Waals surface area contributed by atoms with Crippen molar-refractivity contribution >= 4 is 5.97 Å². The maximum absolute atomic E-state index is 13.8. The third-order valence-electron chi connectivity index (χ3n) is 8.74. The molecule has 0 spiro atoms. The van der Waals surface area contributed by atoms with Crippen LogP contribution < -0.4 is 4.74 Å². The maximum atomic E-state index is 13.8. The molecule has 0 amide bonds. The third-order valence-corrected chi connectivity index (χ3v) is 8.74. The normalized spacial score (nSPS) is 24.8. The number of unbranched alkanes of at least 4 members (excludes halogenated alkanes) is 1. The van der Waals surface area contributed by atoms with Gasteiger partial charge in [-0.3, -0.25) is 0 Å². The van der Waals surface area contributed by atoms with Gasteiger partial charge < -0.3 is 19.5 Å². The number of rotatable bonds is 8. The Morgan fingerprint density at radius 1 is 0.946 bits per heavy atom. The van der Waals surface area contributed by atoms with E-state index in [0.29, 0.717) is 40.5 Å². The molecule has 3 aromatic rings. The highest BCUT2D eigenvalue weighted by atomic mass is 16.6. The Kier molecular flexibility index (Phi) is 6.51. The number of hydrogen-bond acceptors (Lipinski definition) is 5. The fourth-order valence-corrected chi connectivity index (χ4v) is 6.83. The highest BCUT2D eigenvalue weighted by Crippen LogP contribution is 2.51. The summed E-state index contributed by atoms with van der Waals surface area (Å²) in [7, 11) is 2.21. The molecule has 37 heavy (non-hydrogen) atoms. The lowest BCUT2D eigenvalue weighted by molar-refractivity contribution is -0.171. The standard InChI is InChI=1S/C32H35NO4/c1-33(20-10-9-13-22-11-3-2-4-12-22)27-21-23-18-19-24(27)30(23)37-31(34)32(35)25-14-5-7-16-28(25)36-29-17-8-6-15-26(29)32/h2-8,11-12,14-17,23-24,27,30,35H,9-10,13,18-21H2,1H3. The van der Waals surface area contributed by atoms with Crippen LogP contribution in [0, 0.1) is 11.8 Å². The number of carbonyl (C=O) groups excluding carboxylic acids is 1. The molecule has 5 nitrogen and oxygen atoms in total. The van der Waals surface area contributed by atoms with Gasteiger partial charge in [-0.15, -0.1) is 0 Å². The zero-order chi connectivity index (χ0) is 25.4. The first-order chi connectivity index (χ1) is 18.1. The highest BCUT2D eigenvalue weighted by molar-refractivity contribution is 5.88. The van der Waals surface area contributed by atoms with Crippen LogP contribution in [0.5, 0.6) is 11.5 Å². The monoisotopic (exact) mass is 497 g/mol. The first kappa shape index (κ1) is 24.2. The van der Waals surface area contributed by atoms with Gasteiger partial charge in [-0.1, -0.05) is 66.7 Å². The van der Waals surface area contributed by atoms with Crippen molar-refractivity contribution in [1.82, 2.24) is 4.90 Å². The molecule has 0 aromatic heterocycles. The summed E-state index contributed by atoms with van der Waals surface area (Å²) in [6.45, 7) is 1.05. The zero-order valence-corrected chi connectivity index (χ0v) is 21.4. The Morgan fingerprint density at radius 2 is 1.59 bits per heavy atom. The van der Waals surface area contributed by atoms with Gasteiger partial charge in [-0.05, 0) is 75.7 Å². The molecule has 2 saturated carbocycles. The van der Waals surface area contributed by atoms with Crippen LogP contribution in [0.3, 0.4) is 0 Å². The Balaban J connectivity index is 1.13. The van der Waals surface area contributed by atoms with Crippen LogP contribution in [0.1, 0.15) is 48.8 Å². The number of benzene rings is 3. The van der Waals surface area contributed by atoms with Gasteiger partial charge in [0.2, 0.25) is 5.60 Å². The van der Waals surface area contributed by atoms with Gasteiger partial charge in [0.25, 0.3) is 0 Å². The zero-order valence-electron chi connectivity index (χ0n) is 21.4. The summed E-state index contributed by atoms with van der Waals surface area (Å²) >= 11 is 0. The summed E-state index contributed by atoms with van der Waals surface area (Å²) < 4.78 is 12.2. The molecule has 0 radical (unpaired) electrons. The van der Waals surface area contributed by atoms with Gasteiger partial charge in [0.15, 0.2) is 0 Å². The van der Waals surface area contributed by atoms with Crippen LogP contribution in [0.15, 0.2) is 78.9 Å². The van der Waals surface area contributed by atoms with Gasteiger partial charge in [0.1, 0.15) is 17.6 Å². The first-order valence-corrected chi connectivity index (χ1v) is 13.6. The fourth-order valence-electron chi connectivity index (χ4n) is 6.83. The lowest BCUT2D eigenvalue weighted by Crippen LogP contribution is -2.44. The lowest BCUT2D eigenvalue weighted by atomic mass is 9.83. The molecule has 192 valence electrons. The van der Waals surface area contributed by atoms with Gasteiger partial charge in [0.05, 0.1) is 0 Å². The second-order valence-corrected chi connectivity index (χ2v) is 10.9. The fraction of sp³-hybridized carbons (Fsp3) is 0.406. The average molecular weight is 498 g/mol. The van der Waals surface area contributed by atoms with E-state index in [4.69, 9.17) is 9.47 Å². The summed E-state index contributed by atoms with van der Waals surface area (Å²) in [6, 6.07) is 25.5. The quantitative estimate of drug-likeness (QED) is 0.320. The van der Waals surface area contributed by atoms with Crippen molar-refractivity contribution in [2.45, 2.75) is 56.3 Å². The second-order valence-electron chi connectivity index (χ2n) is 10.9. The van der Waals surface area contributed by atoms with E-state index >= 15 is 0 Å². The Bertz CT molecular complexity index is 1210. The van der Waals surface area contributed by atoms with Crippen LogP contribution in [-0.4, -0.2) is 41.7 Å². The molecule has 5 heteroatoms. The largest absolute Gasteiger partial charge is 0.459 e. The van der Waals surface area contributed by atoms with Crippen molar-refractivity contribution < 1.29 is 19.4 Å². The summed E-state index contributed by atoms with van der Waals surface area (Å²) in [5.74, 6) is 1.04. The first-order valence-electron chi connectivity index (χ1n) is 13.6. The number of nitrogens with zero attached hydrogens (tertiary/aromatic N) is 1. The summed E-state index contributed by atoms with van der Waals surface area (Å²) in [6.07, 6.45) is 6.46. The second kappa shape index (κ2) is 9.96. The van der Waals surface area contributed by atoms with E-state index in [1.54, 1.807) is 24.3 Å². The summed E-state index contributed by atoms with van der Waals surface area (Å²) in [5.41, 5.74) is 0.394. The number of aliphatic hydroxyl groups is 1. The molecular weight excluding hydrogens is 462 g/mol. The SMILES string of the molecule is CN(CCCCc1ccccc1)C1CC2CCC1C2OC(=O)C1(O)c2ccccc2Oc2ccccc21. The minimum atomic E-state index is -1.88. The predicted molar refractivity (Wildman–Crippen MR) is 142 cm³/mol. The van der Waals surface area contributed by atoms with E-state index in [0.717, 1.165) is 38.6 Å². The summed E-state index contributed by atoms with van der Waals surface area (Å²) in [4.78, 5) is 16.3. The van der Waals surface area contributed by atoms with Gasteiger partial charge in [-0.25, -0.2) is 4.79 Å². The van der Waals surface area contributed by atoms with Crippen LogP contribution in [0.2, 0.25) is 0 Å². The van der Waals surface area contributed by atoms with Crippen molar-refractivity contribution in [3.8, 4) is 11.5 Å². The van der Waals surface area contributed by atoms with Crippen molar-refractivity contribution in [1.29, 1.82) is 0 Å². The predicted octanol–water partition coefficient (Wildman–Crippen LogP) is 5.69. The number of fused-ring (bicyclic) bond motifs is 4. The Hall–Kier alpha value is -3.15. The van der Waals surface area contributed by atoms with Crippen LogP contribution in [0.4, 0.5) is 0 Å². The number of esters is 1. The molecule has 1 heterocycles. The summed E-state index contributed by atoms with van der Waals surface area (Å²) in [5, 5.41) is 11.9. The minimum Gasteiger partial charge on any atom is -0.459 e. The average Bonchev–Trinajstić information content (AvgIpc) is 3.48. The van der Waals surface area contributed by atoms with Crippen LogP contribution in [-0.2, 0) is 21.6 Å². The van der Waals surface area contributed by atoms with Crippen molar-refractivity contribution in [2.75, 3.05) is 13.6 Å². The van der Waals surface area contributed by atoms with E-state index in [-0.39, 0.29) is 6.10 Å². The van der Waals surface area contributed by atoms with Crippen molar-refractivity contribution in [3.63, 3.8) is 0 Å². The Morgan fingerprint density at radius 3 is 2.30 bits per heavy atom. The molecule has 2 bridgehead atoms. The molecule has 3 aliphatic rings. The molecule has 1 aliphatic heterocycles. The van der Waals surface area contributed by atoms with E-state index in [9.17, 15) is 9.90 Å². The molecular formula is C32H35NO4. The molecule has 4 unspecified atom stereocenters. The smallest absolute Gasteiger partial charge is 0.348 e. The van der Waals surface area contributed by atoms with Gasteiger partial charge in [0, 0.05) is 23.1 Å². The van der Waals surface area contributed by atoms with Crippen LogP contribution in [0.25, 0.3) is 0 Å². The van der Waals surface area contributed by atoms with E-state index in [1.807, 2.05) is 24.3 Å².